The van der Waals surface area contributed by atoms with Crippen LogP contribution in [0.15, 0.2) is 28.7 Å². The number of halogens is 4. The van der Waals surface area contributed by atoms with E-state index >= 15 is 0 Å². The number of ether oxygens (including phenoxy) is 2. The van der Waals surface area contributed by atoms with Crippen molar-refractivity contribution in [3.05, 3.63) is 28.7 Å². The number of alkyl halides is 3. The van der Waals surface area contributed by atoms with Crippen molar-refractivity contribution in [3.63, 3.8) is 0 Å². The van der Waals surface area contributed by atoms with E-state index in [2.05, 4.69) is 21.2 Å². The molecule has 1 aromatic carbocycles. The normalized spacial score (nSPS) is 22.2. The minimum absolute atomic E-state index is 0.118. The van der Waals surface area contributed by atoms with Crippen LogP contribution in [0.3, 0.4) is 0 Å². The molecule has 1 unspecified atom stereocenters. The number of nitrogens with zero attached hydrogens (tertiary/aromatic N) is 1. The van der Waals surface area contributed by atoms with Gasteiger partial charge in [0, 0.05) is 30.7 Å². The van der Waals surface area contributed by atoms with Gasteiger partial charge in [0.25, 0.3) is 0 Å². The molecule has 1 N–H and O–H groups in total. The lowest BCUT2D eigenvalue weighted by Gasteiger charge is -2.43. The van der Waals surface area contributed by atoms with E-state index < -0.39 is 17.9 Å². The first-order valence-corrected chi connectivity index (χ1v) is 8.14. The van der Waals surface area contributed by atoms with E-state index in [-0.39, 0.29) is 13.2 Å². The zero-order chi connectivity index (χ0) is 17.8. The summed E-state index contributed by atoms with van der Waals surface area (Å²) in [6.07, 6.45) is -5.01. The Labute approximate surface area is 146 Å². The summed E-state index contributed by atoms with van der Waals surface area (Å²) in [6, 6.07) is 7.22. The highest BCUT2D eigenvalue weighted by molar-refractivity contribution is 9.10. The second-order valence-electron chi connectivity index (χ2n) is 5.53. The SMILES string of the molecule is CC1(OC(=O)C(F)(F)F)CNCCN1CCOc1ccc(Br)cc1. The first-order chi connectivity index (χ1) is 11.2. The zero-order valence-corrected chi connectivity index (χ0v) is 14.6. The van der Waals surface area contributed by atoms with Crippen LogP contribution >= 0.6 is 15.9 Å². The van der Waals surface area contributed by atoms with Gasteiger partial charge < -0.3 is 14.8 Å². The minimum atomic E-state index is -5.01. The van der Waals surface area contributed by atoms with Crippen molar-refractivity contribution in [3.8, 4) is 5.75 Å². The molecule has 0 aliphatic carbocycles. The molecule has 0 spiro atoms. The molecular formula is C15H18BrF3N2O3. The summed E-state index contributed by atoms with van der Waals surface area (Å²) >= 11 is 3.32. The fourth-order valence-electron chi connectivity index (χ4n) is 2.39. The molecule has 24 heavy (non-hydrogen) atoms. The van der Waals surface area contributed by atoms with Gasteiger partial charge in [-0.2, -0.15) is 13.2 Å². The van der Waals surface area contributed by atoms with E-state index in [0.29, 0.717) is 25.4 Å². The average Bonchev–Trinajstić information content (AvgIpc) is 2.50. The van der Waals surface area contributed by atoms with Gasteiger partial charge in [-0.3, -0.25) is 4.90 Å². The maximum absolute atomic E-state index is 12.5. The summed E-state index contributed by atoms with van der Waals surface area (Å²) in [5, 5.41) is 2.94. The number of nitrogens with one attached hydrogen (secondary N) is 1. The first kappa shape index (κ1) is 19.0. The van der Waals surface area contributed by atoms with Crippen molar-refractivity contribution in [2.24, 2.45) is 0 Å². The molecule has 1 aromatic rings. The number of carbonyl (C=O) groups excluding carboxylic acids is 1. The van der Waals surface area contributed by atoms with Crippen LogP contribution < -0.4 is 10.1 Å². The molecule has 1 saturated heterocycles. The molecule has 1 fully saturated rings. The average molecular weight is 411 g/mol. The van der Waals surface area contributed by atoms with Gasteiger partial charge in [0.05, 0.1) is 0 Å². The van der Waals surface area contributed by atoms with Crippen LogP contribution in [0.25, 0.3) is 0 Å². The van der Waals surface area contributed by atoms with Gasteiger partial charge in [0.15, 0.2) is 5.72 Å². The number of rotatable bonds is 5. The van der Waals surface area contributed by atoms with Crippen LogP contribution in [-0.4, -0.2) is 55.6 Å². The van der Waals surface area contributed by atoms with Crippen molar-refractivity contribution in [1.82, 2.24) is 10.2 Å². The quantitative estimate of drug-likeness (QED) is 0.756. The van der Waals surface area contributed by atoms with Crippen molar-refractivity contribution < 1.29 is 27.4 Å². The third-order valence-corrected chi connectivity index (χ3v) is 4.20. The summed E-state index contributed by atoms with van der Waals surface area (Å²) in [6.45, 7) is 3.22. The second-order valence-corrected chi connectivity index (χ2v) is 6.44. The Balaban J connectivity index is 1.93. The van der Waals surface area contributed by atoms with Crippen molar-refractivity contribution in [2.45, 2.75) is 18.8 Å². The Morgan fingerprint density at radius 3 is 2.67 bits per heavy atom. The Morgan fingerprint density at radius 2 is 2.04 bits per heavy atom. The Morgan fingerprint density at radius 1 is 1.38 bits per heavy atom. The number of benzene rings is 1. The highest BCUT2D eigenvalue weighted by Crippen LogP contribution is 2.25. The number of hydrogen-bond donors (Lipinski definition) is 1. The molecule has 1 heterocycles. The number of esters is 1. The van der Waals surface area contributed by atoms with Crippen LogP contribution in [0.4, 0.5) is 13.2 Å². The van der Waals surface area contributed by atoms with E-state index in [0.717, 1.165) is 4.47 Å². The van der Waals surface area contributed by atoms with Crippen molar-refractivity contribution in [2.75, 3.05) is 32.8 Å². The number of carbonyl (C=O) groups is 1. The molecule has 2 rings (SSSR count). The molecule has 0 amide bonds. The Kier molecular flexibility index (Phi) is 6.11. The molecule has 1 atom stereocenters. The number of piperazine rings is 1. The highest BCUT2D eigenvalue weighted by atomic mass is 79.9. The fourth-order valence-corrected chi connectivity index (χ4v) is 2.66. The first-order valence-electron chi connectivity index (χ1n) is 7.35. The largest absolute Gasteiger partial charge is 0.492 e. The van der Waals surface area contributed by atoms with E-state index in [1.807, 2.05) is 12.1 Å². The lowest BCUT2D eigenvalue weighted by atomic mass is 10.1. The lowest BCUT2D eigenvalue weighted by Crippen LogP contribution is -2.63. The minimum Gasteiger partial charge on any atom is -0.492 e. The molecule has 0 bridgehead atoms. The third kappa shape index (κ3) is 5.09. The van der Waals surface area contributed by atoms with E-state index in [1.54, 1.807) is 17.0 Å². The molecule has 0 radical (unpaired) electrons. The Hall–Kier alpha value is -1.32. The molecule has 134 valence electrons. The number of hydrogen-bond acceptors (Lipinski definition) is 5. The lowest BCUT2D eigenvalue weighted by molar-refractivity contribution is -0.231. The van der Waals surface area contributed by atoms with E-state index in [4.69, 9.17) is 9.47 Å². The van der Waals surface area contributed by atoms with Gasteiger partial charge in [-0.25, -0.2) is 4.79 Å². The summed E-state index contributed by atoms with van der Waals surface area (Å²) in [7, 11) is 0. The van der Waals surface area contributed by atoms with E-state index in [1.165, 1.54) is 6.92 Å². The van der Waals surface area contributed by atoms with Crippen LogP contribution in [0.2, 0.25) is 0 Å². The van der Waals surface area contributed by atoms with Gasteiger partial charge in [-0.15, -0.1) is 0 Å². The summed E-state index contributed by atoms with van der Waals surface area (Å²) < 4.78 is 48.6. The molecule has 0 saturated carbocycles. The van der Waals surface area contributed by atoms with Gasteiger partial charge in [0.1, 0.15) is 12.4 Å². The molecule has 1 aliphatic heterocycles. The second kappa shape index (κ2) is 7.71. The topological polar surface area (TPSA) is 50.8 Å². The molecule has 0 aromatic heterocycles. The maximum Gasteiger partial charge on any atom is 0.490 e. The molecule has 9 heteroatoms. The van der Waals surface area contributed by atoms with Crippen LogP contribution in [-0.2, 0) is 9.53 Å². The van der Waals surface area contributed by atoms with Crippen LogP contribution in [0.1, 0.15) is 6.92 Å². The van der Waals surface area contributed by atoms with Crippen LogP contribution in [0.5, 0.6) is 5.75 Å². The van der Waals surface area contributed by atoms with Crippen LogP contribution in [0, 0.1) is 0 Å². The molecule has 5 nitrogen and oxygen atoms in total. The van der Waals surface area contributed by atoms with Crippen molar-refractivity contribution in [1.29, 1.82) is 0 Å². The molecular weight excluding hydrogens is 393 g/mol. The van der Waals surface area contributed by atoms with Gasteiger partial charge in [0.2, 0.25) is 0 Å². The predicted molar refractivity (Wildman–Crippen MR) is 84.6 cm³/mol. The van der Waals surface area contributed by atoms with Gasteiger partial charge >= 0.3 is 12.1 Å². The van der Waals surface area contributed by atoms with Gasteiger partial charge in [-0.05, 0) is 31.2 Å². The zero-order valence-electron chi connectivity index (χ0n) is 13.0. The third-order valence-electron chi connectivity index (χ3n) is 3.67. The van der Waals surface area contributed by atoms with Gasteiger partial charge in [-0.1, -0.05) is 15.9 Å². The monoisotopic (exact) mass is 410 g/mol. The summed E-state index contributed by atoms with van der Waals surface area (Å²) in [4.78, 5) is 12.8. The predicted octanol–water partition coefficient (Wildman–Crippen LogP) is 2.55. The molecule has 1 aliphatic rings. The summed E-state index contributed by atoms with van der Waals surface area (Å²) in [5.41, 5.74) is -1.37. The Bertz CT molecular complexity index is 568. The summed E-state index contributed by atoms with van der Waals surface area (Å²) in [5.74, 6) is -1.53. The highest BCUT2D eigenvalue weighted by Gasteiger charge is 2.47. The maximum atomic E-state index is 12.5. The standard InChI is InChI=1S/C15H18BrF3N2O3/c1-14(24-13(22)15(17,18)19)10-20-6-7-21(14)8-9-23-12-4-2-11(16)3-5-12/h2-5,20H,6-10H2,1H3. The fraction of sp³-hybridized carbons (Fsp3) is 0.533. The van der Waals surface area contributed by atoms with Crippen molar-refractivity contribution >= 4 is 21.9 Å². The smallest absolute Gasteiger partial charge is 0.490 e. The van der Waals surface area contributed by atoms with E-state index in [9.17, 15) is 18.0 Å².